The van der Waals surface area contributed by atoms with Gasteiger partial charge in [-0.2, -0.15) is 0 Å². The van der Waals surface area contributed by atoms with Gasteiger partial charge in [-0.15, -0.1) is 0 Å². The van der Waals surface area contributed by atoms with Crippen LogP contribution in [0.5, 0.6) is 11.5 Å². The Labute approximate surface area is 230 Å². The molecule has 39 heavy (non-hydrogen) atoms. The van der Waals surface area contributed by atoms with E-state index in [9.17, 15) is 14.4 Å². The number of aromatic amines is 1. The smallest absolute Gasteiger partial charge is 0.407 e. The molecule has 2 aromatic rings. The number of aromatic nitrogens is 1. The van der Waals surface area contributed by atoms with Gasteiger partial charge in [-0.05, 0) is 97.4 Å². The molecule has 2 amide bonds. The van der Waals surface area contributed by atoms with E-state index in [1.54, 1.807) is 0 Å². The van der Waals surface area contributed by atoms with Crippen molar-refractivity contribution in [3.8, 4) is 11.5 Å². The van der Waals surface area contributed by atoms with Crippen LogP contribution in [0.3, 0.4) is 0 Å². The number of carbonyl (C=O) groups is 2. The lowest BCUT2D eigenvalue weighted by molar-refractivity contribution is -0.121. The van der Waals surface area contributed by atoms with Crippen LogP contribution in [-0.4, -0.2) is 34.4 Å². The Kier molecular flexibility index (Phi) is 7.74. The average Bonchev–Trinajstić information content (AvgIpc) is 3.19. The number of ether oxygens (including phenoxy) is 3. The van der Waals surface area contributed by atoms with Crippen molar-refractivity contribution in [1.29, 1.82) is 0 Å². The number of rotatable bonds is 5. The summed E-state index contributed by atoms with van der Waals surface area (Å²) in [5.74, 6) is 0.223. The highest BCUT2D eigenvalue weighted by molar-refractivity contribution is 5.97. The van der Waals surface area contributed by atoms with E-state index < -0.39 is 17.5 Å². The maximum atomic E-state index is 13.2. The molecular formula is C30H41N3O6. The van der Waals surface area contributed by atoms with Gasteiger partial charge in [0.05, 0.1) is 0 Å². The Morgan fingerprint density at radius 1 is 1.03 bits per heavy atom. The second-order valence-corrected chi connectivity index (χ2v) is 12.1. The van der Waals surface area contributed by atoms with E-state index in [4.69, 9.17) is 14.2 Å². The van der Waals surface area contributed by atoms with Gasteiger partial charge in [0.2, 0.25) is 0 Å². The maximum absolute atomic E-state index is 13.2. The molecule has 3 N–H and O–H groups in total. The molecule has 9 nitrogen and oxygen atoms in total. The van der Waals surface area contributed by atoms with Crippen molar-refractivity contribution in [1.82, 2.24) is 15.6 Å². The molecular weight excluding hydrogens is 498 g/mol. The lowest BCUT2D eigenvalue weighted by Crippen LogP contribution is -2.48. The van der Waals surface area contributed by atoms with E-state index in [2.05, 4.69) is 15.6 Å². The molecule has 1 aromatic heterocycles. The summed E-state index contributed by atoms with van der Waals surface area (Å²) in [6, 6.07) is 3.75. The molecule has 9 heteroatoms. The van der Waals surface area contributed by atoms with E-state index in [1.165, 1.54) is 0 Å². The number of amides is 2. The van der Waals surface area contributed by atoms with Gasteiger partial charge in [0.25, 0.3) is 17.3 Å². The van der Waals surface area contributed by atoms with Crippen molar-refractivity contribution in [2.24, 2.45) is 5.92 Å². The highest BCUT2D eigenvalue weighted by Crippen LogP contribution is 2.50. The number of benzene rings is 1. The second-order valence-electron chi connectivity index (χ2n) is 12.1. The van der Waals surface area contributed by atoms with Crippen LogP contribution in [0.4, 0.5) is 4.79 Å². The number of hydrogen-bond acceptors (Lipinski definition) is 6. The Balaban J connectivity index is 1.42. The Hall–Kier alpha value is -3.49. The first-order chi connectivity index (χ1) is 18.2. The molecule has 0 saturated heterocycles. The van der Waals surface area contributed by atoms with E-state index in [0.717, 1.165) is 42.5 Å². The summed E-state index contributed by atoms with van der Waals surface area (Å²) in [4.78, 5) is 40.5. The van der Waals surface area contributed by atoms with Crippen LogP contribution in [0.2, 0.25) is 0 Å². The molecule has 1 unspecified atom stereocenters. The van der Waals surface area contributed by atoms with E-state index >= 15 is 0 Å². The van der Waals surface area contributed by atoms with Crippen molar-refractivity contribution < 1.29 is 23.8 Å². The minimum Gasteiger partial charge on any atom is -0.448 e. The van der Waals surface area contributed by atoms with Gasteiger partial charge in [0.15, 0.2) is 11.5 Å². The van der Waals surface area contributed by atoms with E-state index in [-0.39, 0.29) is 30.0 Å². The molecule has 1 aliphatic carbocycles. The zero-order chi connectivity index (χ0) is 28.7. The number of fused-ring (bicyclic) bond motifs is 1. The van der Waals surface area contributed by atoms with Crippen LogP contribution >= 0.6 is 0 Å². The monoisotopic (exact) mass is 539 g/mol. The number of alkyl carbamates (subject to hydrolysis) is 1. The zero-order valence-electron chi connectivity index (χ0n) is 24.3. The Morgan fingerprint density at radius 2 is 1.67 bits per heavy atom. The van der Waals surface area contributed by atoms with Gasteiger partial charge in [-0.3, -0.25) is 9.59 Å². The average molecular weight is 540 g/mol. The van der Waals surface area contributed by atoms with Gasteiger partial charge in [-0.1, -0.05) is 0 Å². The predicted molar refractivity (Wildman–Crippen MR) is 148 cm³/mol. The van der Waals surface area contributed by atoms with Crippen molar-refractivity contribution in [3.05, 3.63) is 56.0 Å². The molecule has 1 aliphatic heterocycles. The first-order valence-corrected chi connectivity index (χ1v) is 13.7. The topological polar surface area (TPSA) is 119 Å². The number of nitrogens with one attached hydrogen (secondary N) is 3. The maximum Gasteiger partial charge on any atom is 0.407 e. The molecule has 1 aromatic carbocycles. The summed E-state index contributed by atoms with van der Waals surface area (Å²) in [5.41, 5.74) is 3.43. The molecule has 212 valence electrons. The fraction of sp³-hybridized carbons (Fsp3) is 0.567. The fourth-order valence-electron chi connectivity index (χ4n) is 5.54. The first kappa shape index (κ1) is 28.5. The number of carbonyl (C=O) groups excluding carboxylic acids is 2. The lowest BCUT2D eigenvalue weighted by atomic mass is 9.81. The summed E-state index contributed by atoms with van der Waals surface area (Å²) < 4.78 is 18.3. The molecule has 0 bridgehead atoms. The molecule has 0 radical (unpaired) electrons. The quantitative estimate of drug-likeness (QED) is 0.486. The van der Waals surface area contributed by atoms with Crippen LogP contribution < -0.4 is 25.7 Å². The van der Waals surface area contributed by atoms with Crippen LogP contribution in [0.15, 0.2) is 16.9 Å². The summed E-state index contributed by atoms with van der Waals surface area (Å²) in [7, 11) is 0. The van der Waals surface area contributed by atoms with Crippen LogP contribution in [0, 0.1) is 33.6 Å². The number of hydrogen-bond donors (Lipinski definition) is 3. The molecule has 1 atom stereocenters. The third-order valence-corrected chi connectivity index (χ3v) is 7.63. The van der Waals surface area contributed by atoms with Gasteiger partial charge in [-0.25, -0.2) is 4.79 Å². The number of aryl methyl sites for hydroxylation is 3. The lowest BCUT2D eigenvalue weighted by Gasteiger charge is -2.37. The third kappa shape index (κ3) is 6.23. The Morgan fingerprint density at radius 3 is 2.28 bits per heavy atom. The minimum absolute atomic E-state index is 0.0478. The second kappa shape index (κ2) is 10.6. The predicted octanol–water partition coefficient (Wildman–Crippen LogP) is 5.11. The van der Waals surface area contributed by atoms with Crippen molar-refractivity contribution >= 4 is 12.0 Å². The first-order valence-electron chi connectivity index (χ1n) is 13.7. The molecule has 2 heterocycles. The molecule has 2 aliphatic rings. The van der Waals surface area contributed by atoms with Crippen LogP contribution in [0.1, 0.15) is 91.7 Å². The minimum atomic E-state index is -0.865. The van der Waals surface area contributed by atoms with Crippen LogP contribution in [0.25, 0.3) is 0 Å². The molecule has 1 saturated carbocycles. The van der Waals surface area contributed by atoms with E-state index in [0.29, 0.717) is 28.2 Å². The van der Waals surface area contributed by atoms with Gasteiger partial charge in [0.1, 0.15) is 5.60 Å². The van der Waals surface area contributed by atoms with Crippen molar-refractivity contribution in [3.63, 3.8) is 0 Å². The Bertz CT molecular complexity index is 1330. The SMILES string of the molecule is Cc1cc(C)c(CNC(=O)c2cc(C)c3c(c2C)OC(C)(C2CCC(NC(=O)OC(C)(C)C)CC2)O3)c(=O)[nH]1. The molecule has 0 spiro atoms. The largest absolute Gasteiger partial charge is 0.448 e. The van der Waals surface area contributed by atoms with E-state index in [1.807, 2.05) is 67.5 Å². The van der Waals surface area contributed by atoms with Gasteiger partial charge >= 0.3 is 6.09 Å². The number of pyridine rings is 1. The normalized spacial score (nSPS) is 22.4. The standard InChI is InChI=1S/C30H41N3O6/c1-16-13-18(3)32-27(35)23(16)15-31-26(34)22-14-17(2)24-25(19(22)4)38-30(8,37-24)20-9-11-21(12-10-20)33-28(36)39-29(5,6)7/h13-14,20-21H,9-12,15H2,1-8H3,(H,31,34)(H,32,35)(H,33,36). The molecule has 1 fully saturated rings. The summed E-state index contributed by atoms with van der Waals surface area (Å²) in [5, 5.41) is 5.87. The van der Waals surface area contributed by atoms with Crippen molar-refractivity contribution in [2.75, 3.05) is 0 Å². The summed E-state index contributed by atoms with van der Waals surface area (Å²) >= 11 is 0. The van der Waals surface area contributed by atoms with Crippen LogP contribution in [-0.2, 0) is 11.3 Å². The van der Waals surface area contributed by atoms with Crippen molar-refractivity contribution in [2.45, 2.75) is 105 Å². The third-order valence-electron chi connectivity index (χ3n) is 7.63. The summed E-state index contributed by atoms with van der Waals surface area (Å²) in [6.07, 6.45) is 2.84. The van der Waals surface area contributed by atoms with Gasteiger partial charge in [0, 0.05) is 47.8 Å². The van der Waals surface area contributed by atoms with Gasteiger partial charge < -0.3 is 29.8 Å². The zero-order valence-corrected chi connectivity index (χ0v) is 24.3. The number of H-pyrrole nitrogens is 1. The highest BCUT2D eigenvalue weighted by atomic mass is 16.7. The molecule has 4 rings (SSSR count). The fourth-order valence-corrected chi connectivity index (χ4v) is 5.54. The summed E-state index contributed by atoms with van der Waals surface area (Å²) in [6.45, 7) is 15.1. The highest BCUT2D eigenvalue weighted by Gasteiger charge is 2.47.